The van der Waals surface area contributed by atoms with E-state index < -0.39 is 6.10 Å². The lowest BCUT2D eigenvalue weighted by Gasteiger charge is -2.18. The Morgan fingerprint density at radius 3 is 1.06 bits per heavy atom. The van der Waals surface area contributed by atoms with Crippen LogP contribution < -0.4 is 0 Å². The van der Waals surface area contributed by atoms with E-state index in [0.29, 0.717) is 19.3 Å². The summed E-state index contributed by atoms with van der Waals surface area (Å²) in [5.41, 5.74) is 0. The third-order valence-electron chi connectivity index (χ3n) is 12.1. The van der Waals surface area contributed by atoms with E-state index in [2.05, 4.69) is 118 Å². The second kappa shape index (κ2) is 56.9. The summed E-state index contributed by atoms with van der Waals surface area (Å²) in [4.78, 5) is 38.1. The largest absolute Gasteiger partial charge is 0.462 e. The molecule has 0 aromatic rings. The summed E-state index contributed by atoms with van der Waals surface area (Å²) in [7, 11) is 0. The molecule has 0 saturated carbocycles. The molecule has 6 heteroatoms. The van der Waals surface area contributed by atoms with E-state index in [4.69, 9.17) is 14.2 Å². The van der Waals surface area contributed by atoms with Crippen LogP contribution in [0.1, 0.15) is 265 Å². The second-order valence-corrected chi connectivity index (χ2v) is 18.8. The third kappa shape index (κ3) is 55.1. The summed E-state index contributed by atoms with van der Waals surface area (Å²) in [5, 5.41) is 0. The molecule has 0 N–H and O–H groups in total. The predicted molar refractivity (Wildman–Crippen MR) is 297 cm³/mol. The fourth-order valence-corrected chi connectivity index (χ4v) is 7.76. The Morgan fingerprint density at radius 1 is 0.319 bits per heavy atom. The molecule has 0 rings (SSSR count). The maximum absolute atomic E-state index is 12.8. The number of hydrogen-bond donors (Lipinski definition) is 0. The van der Waals surface area contributed by atoms with Crippen molar-refractivity contribution in [2.24, 2.45) is 0 Å². The summed E-state index contributed by atoms with van der Waals surface area (Å²) >= 11 is 0. The monoisotopic (exact) mass is 959 g/mol. The first-order valence-corrected chi connectivity index (χ1v) is 28.8. The van der Waals surface area contributed by atoms with Crippen LogP contribution in [0.15, 0.2) is 97.2 Å². The van der Waals surface area contributed by atoms with E-state index in [0.717, 1.165) is 77.0 Å². The van der Waals surface area contributed by atoms with Gasteiger partial charge in [-0.05, 0) is 109 Å². The van der Waals surface area contributed by atoms with Gasteiger partial charge in [-0.1, -0.05) is 234 Å². The minimum atomic E-state index is -0.811. The molecule has 1 atom stereocenters. The molecule has 0 aliphatic carbocycles. The summed E-state index contributed by atoms with van der Waals surface area (Å²) in [6, 6.07) is 0. The molecule has 0 aliphatic heterocycles. The van der Waals surface area contributed by atoms with Gasteiger partial charge in [-0.2, -0.15) is 0 Å². The smallest absolute Gasteiger partial charge is 0.306 e. The molecule has 394 valence electrons. The highest BCUT2D eigenvalue weighted by Gasteiger charge is 2.19. The van der Waals surface area contributed by atoms with Crippen LogP contribution in [0.3, 0.4) is 0 Å². The van der Waals surface area contributed by atoms with E-state index in [9.17, 15) is 14.4 Å². The van der Waals surface area contributed by atoms with Crippen LogP contribution >= 0.6 is 0 Å². The van der Waals surface area contributed by atoms with E-state index in [1.807, 2.05) is 0 Å². The standard InChI is InChI=1S/C63H106O6/c1-4-7-10-13-16-19-22-25-28-30-31-33-35-38-41-44-47-50-53-56-62(65)68-59-60(58-67-61(64)55-52-49-46-43-40-37-34-27-24-21-18-15-12-9-6-3)69-63(66)57-54-51-48-45-42-39-36-32-29-26-23-20-17-14-11-8-5-2/h8,11,16-17,19-22,24-26,29,36,39,45,48,60H,4-7,9-10,12-15,18,23,27-28,30-35,37-38,40-44,46-47,49-59H2,1-3H3/b11-8-,19-16-,20-17-,24-21-,25-22-,29-26-,39-36-,48-45-. The molecule has 0 aromatic heterocycles. The summed E-state index contributed by atoms with van der Waals surface area (Å²) in [6.45, 7) is 6.44. The normalized spacial score (nSPS) is 12.8. The van der Waals surface area contributed by atoms with Gasteiger partial charge in [0, 0.05) is 19.3 Å². The average molecular weight is 960 g/mol. The Labute approximate surface area is 426 Å². The second-order valence-electron chi connectivity index (χ2n) is 18.8. The Balaban J connectivity index is 4.47. The SMILES string of the molecule is CC/C=C\C/C=C\C/C=C\C/C=C\C/C=C\CCCC(=O)OC(COC(=O)CCCCCCCCC/C=C\CCCCCC)COC(=O)CCCCCCCCCCCC/C=C\C=C/CCCCC. The van der Waals surface area contributed by atoms with E-state index in [1.54, 1.807) is 0 Å². The van der Waals surface area contributed by atoms with Crippen LogP contribution in [-0.4, -0.2) is 37.2 Å². The van der Waals surface area contributed by atoms with Crippen molar-refractivity contribution in [3.05, 3.63) is 97.2 Å². The maximum Gasteiger partial charge on any atom is 0.306 e. The topological polar surface area (TPSA) is 78.9 Å². The van der Waals surface area contributed by atoms with Crippen molar-refractivity contribution in [2.45, 2.75) is 271 Å². The van der Waals surface area contributed by atoms with Gasteiger partial charge in [0.2, 0.25) is 0 Å². The first-order chi connectivity index (χ1) is 34.0. The van der Waals surface area contributed by atoms with Crippen LogP contribution in [0.5, 0.6) is 0 Å². The highest BCUT2D eigenvalue weighted by molar-refractivity contribution is 5.71. The lowest BCUT2D eigenvalue weighted by atomic mass is 10.1. The zero-order valence-electron chi connectivity index (χ0n) is 45.0. The van der Waals surface area contributed by atoms with Crippen molar-refractivity contribution in [1.82, 2.24) is 0 Å². The number of allylic oxidation sites excluding steroid dienone is 16. The van der Waals surface area contributed by atoms with Crippen molar-refractivity contribution in [2.75, 3.05) is 13.2 Å². The van der Waals surface area contributed by atoms with Gasteiger partial charge in [0.25, 0.3) is 0 Å². The summed E-state index contributed by atoms with van der Waals surface area (Å²) < 4.78 is 16.8. The molecule has 6 nitrogen and oxygen atoms in total. The fourth-order valence-electron chi connectivity index (χ4n) is 7.76. The van der Waals surface area contributed by atoms with E-state index in [-0.39, 0.29) is 37.5 Å². The zero-order valence-corrected chi connectivity index (χ0v) is 45.0. The molecule has 0 heterocycles. The Morgan fingerprint density at radius 2 is 0.623 bits per heavy atom. The first kappa shape index (κ1) is 65.3. The third-order valence-corrected chi connectivity index (χ3v) is 12.1. The quantitative estimate of drug-likeness (QED) is 0.0199. The Hall–Kier alpha value is -3.67. The maximum atomic E-state index is 12.8. The minimum absolute atomic E-state index is 0.103. The van der Waals surface area contributed by atoms with Crippen LogP contribution in [-0.2, 0) is 28.6 Å². The molecule has 69 heavy (non-hydrogen) atoms. The summed E-state index contributed by atoms with van der Waals surface area (Å²) in [6.07, 6.45) is 75.4. The number of rotatable bonds is 51. The summed E-state index contributed by atoms with van der Waals surface area (Å²) in [5.74, 6) is -0.967. The number of ether oxygens (including phenoxy) is 3. The zero-order chi connectivity index (χ0) is 50.0. The van der Waals surface area contributed by atoms with Crippen molar-refractivity contribution in [1.29, 1.82) is 0 Å². The van der Waals surface area contributed by atoms with E-state index >= 15 is 0 Å². The van der Waals surface area contributed by atoms with Crippen molar-refractivity contribution in [3.63, 3.8) is 0 Å². The van der Waals surface area contributed by atoms with Crippen LogP contribution in [0.4, 0.5) is 0 Å². The molecule has 0 spiro atoms. The first-order valence-electron chi connectivity index (χ1n) is 28.8. The van der Waals surface area contributed by atoms with E-state index in [1.165, 1.54) is 141 Å². The number of carbonyl (C=O) groups excluding carboxylic acids is 3. The van der Waals surface area contributed by atoms with Crippen molar-refractivity contribution in [3.8, 4) is 0 Å². The van der Waals surface area contributed by atoms with Gasteiger partial charge in [-0.25, -0.2) is 0 Å². The molecular weight excluding hydrogens is 853 g/mol. The predicted octanol–water partition coefficient (Wildman–Crippen LogP) is 19.3. The molecule has 0 bridgehead atoms. The molecule has 0 aliphatic rings. The lowest BCUT2D eigenvalue weighted by molar-refractivity contribution is -0.167. The van der Waals surface area contributed by atoms with Crippen LogP contribution in [0.25, 0.3) is 0 Å². The molecule has 0 aromatic carbocycles. The number of hydrogen-bond acceptors (Lipinski definition) is 6. The average Bonchev–Trinajstić information content (AvgIpc) is 3.35. The Kier molecular flexibility index (Phi) is 53.9. The van der Waals surface area contributed by atoms with Gasteiger partial charge < -0.3 is 14.2 Å². The Bertz CT molecular complexity index is 1380. The molecule has 0 radical (unpaired) electrons. The molecule has 0 saturated heterocycles. The fraction of sp³-hybridized carbons (Fsp3) is 0.698. The molecule has 0 fully saturated rings. The van der Waals surface area contributed by atoms with Crippen molar-refractivity contribution >= 4 is 17.9 Å². The molecule has 0 amide bonds. The minimum Gasteiger partial charge on any atom is -0.462 e. The van der Waals surface area contributed by atoms with Crippen LogP contribution in [0.2, 0.25) is 0 Å². The van der Waals surface area contributed by atoms with Gasteiger partial charge in [0.05, 0.1) is 0 Å². The van der Waals surface area contributed by atoms with Gasteiger partial charge in [0.1, 0.15) is 13.2 Å². The van der Waals surface area contributed by atoms with Gasteiger partial charge in [-0.3, -0.25) is 14.4 Å². The highest BCUT2D eigenvalue weighted by Crippen LogP contribution is 2.15. The van der Waals surface area contributed by atoms with Gasteiger partial charge in [0.15, 0.2) is 6.10 Å². The number of carbonyl (C=O) groups is 3. The lowest BCUT2D eigenvalue weighted by Crippen LogP contribution is -2.30. The van der Waals surface area contributed by atoms with Gasteiger partial charge >= 0.3 is 17.9 Å². The van der Waals surface area contributed by atoms with Crippen molar-refractivity contribution < 1.29 is 28.6 Å². The molecule has 1 unspecified atom stereocenters. The van der Waals surface area contributed by atoms with Gasteiger partial charge in [-0.15, -0.1) is 0 Å². The van der Waals surface area contributed by atoms with Crippen LogP contribution in [0, 0.1) is 0 Å². The number of unbranched alkanes of at least 4 members (excludes halogenated alkanes) is 25. The highest BCUT2D eigenvalue weighted by atomic mass is 16.6. The molecular formula is C63H106O6. The number of esters is 3.